The summed E-state index contributed by atoms with van der Waals surface area (Å²) in [4.78, 5) is 2.23. The van der Waals surface area contributed by atoms with E-state index < -0.39 is 0 Å². The van der Waals surface area contributed by atoms with E-state index in [1.54, 1.807) is 12.5 Å². The van der Waals surface area contributed by atoms with Gasteiger partial charge in [0.1, 0.15) is 5.76 Å². The Hall–Kier alpha value is -1.75. The summed E-state index contributed by atoms with van der Waals surface area (Å²) in [6.45, 7) is 4.63. The van der Waals surface area contributed by atoms with E-state index in [1.807, 2.05) is 23.9 Å². The largest absolute Gasteiger partial charge is 0.469 e. The highest BCUT2D eigenvalue weighted by atomic mass is 16.3. The van der Waals surface area contributed by atoms with Gasteiger partial charge in [0.05, 0.1) is 24.7 Å². The minimum absolute atomic E-state index is 0.707. The molecule has 0 bridgehead atoms. The van der Waals surface area contributed by atoms with Crippen LogP contribution in [0.3, 0.4) is 0 Å². The summed E-state index contributed by atoms with van der Waals surface area (Å²) in [5.74, 6) is 0.986. The molecule has 0 spiro atoms. The van der Waals surface area contributed by atoms with Crippen LogP contribution in [0.2, 0.25) is 0 Å². The van der Waals surface area contributed by atoms with Crippen LogP contribution < -0.4 is 5.73 Å². The topological polar surface area (TPSA) is 60.2 Å². The van der Waals surface area contributed by atoms with Gasteiger partial charge in [-0.25, -0.2) is 0 Å². The zero-order valence-corrected chi connectivity index (χ0v) is 10.3. The van der Waals surface area contributed by atoms with Crippen molar-refractivity contribution in [3.05, 3.63) is 36.0 Å². The second-order valence-electron chi connectivity index (χ2n) is 4.28. The van der Waals surface area contributed by atoms with Gasteiger partial charge in [-0.15, -0.1) is 0 Å². The Labute approximate surface area is 101 Å². The molecule has 17 heavy (non-hydrogen) atoms. The maximum absolute atomic E-state index is 5.61. The van der Waals surface area contributed by atoms with E-state index in [-0.39, 0.29) is 0 Å². The first-order valence-corrected chi connectivity index (χ1v) is 5.64. The lowest BCUT2D eigenvalue weighted by atomic mass is 10.2. The van der Waals surface area contributed by atoms with Crippen LogP contribution in [0.1, 0.15) is 11.3 Å². The van der Waals surface area contributed by atoms with Gasteiger partial charge in [0.25, 0.3) is 0 Å². The molecule has 5 nitrogen and oxygen atoms in total. The second kappa shape index (κ2) is 5.05. The smallest absolute Gasteiger partial charge is 0.105 e. The van der Waals surface area contributed by atoms with Crippen molar-refractivity contribution >= 4 is 5.69 Å². The molecule has 5 heteroatoms. The molecule has 0 atom stereocenters. The molecule has 0 saturated heterocycles. The van der Waals surface area contributed by atoms with E-state index >= 15 is 0 Å². The van der Waals surface area contributed by atoms with Gasteiger partial charge in [-0.1, -0.05) is 0 Å². The minimum Gasteiger partial charge on any atom is -0.469 e. The number of aryl methyl sites for hydroxylation is 1. The second-order valence-corrected chi connectivity index (χ2v) is 4.28. The van der Waals surface area contributed by atoms with Crippen molar-refractivity contribution < 1.29 is 4.42 Å². The summed E-state index contributed by atoms with van der Waals surface area (Å²) in [7, 11) is 2.08. The number of hydrogen-bond donors (Lipinski definition) is 1. The van der Waals surface area contributed by atoms with Crippen LogP contribution in [0.4, 0.5) is 5.69 Å². The summed E-state index contributed by atoms with van der Waals surface area (Å²) < 4.78 is 7.13. The molecule has 2 N–H and O–H groups in total. The number of rotatable bonds is 5. The molecule has 0 aliphatic heterocycles. The van der Waals surface area contributed by atoms with Gasteiger partial charge < -0.3 is 15.1 Å². The lowest BCUT2D eigenvalue weighted by Crippen LogP contribution is -2.23. The van der Waals surface area contributed by atoms with Crippen LogP contribution in [0.15, 0.2) is 29.1 Å². The zero-order valence-electron chi connectivity index (χ0n) is 10.3. The summed E-state index contributed by atoms with van der Waals surface area (Å²) in [6.07, 6.45) is 5.24. The first-order valence-electron chi connectivity index (χ1n) is 5.64. The van der Waals surface area contributed by atoms with Crippen molar-refractivity contribution in [2.24, 2.45) is 0 Å². The Kier molecular flexibility index (Phi) is 3.49. The van der Waals surface area contributed by atoms with Crippen molar-refractivity contribution in [3.8, 4) is 0 Å². The van der Waals surface area contributed by atoms with E-state index in [1.165, 1.54) is 5.56 Å². The highest BCUT2D eigenvalue weighted by Crippen LogP contribution is 2.10. The maximum atomic E-state index is 5.61. The van der Waals surface area contributed by atoms with Gasteiger partial charge in [0.2, 0.25) is 0 Å². The molecule has 2 rings (SSSR count). The number of nitrogen functional groups attached to an aromatic ring is 1. The quantitative estimate of drug-likeness (QED) is 0.851. The molecule has 0 amide bonds. The SMILES string of the molecule is Cc1occc1CN(C)CCn1cc(N)cn1. The van der Waals surface area contributed by atoms with Gasteiger partial charge in [0.15, 0.2) is 0 Å². The fourth-order valence-corrected chi connectivity index (χ4v) is 1.72. The molecular weight excluding hydrogens is 216 g/mol. The number of likely N-dealkylation sites (N-methyl/N-ethyl adjacent to an activating group) is 1. The summed E-state index contributed by atoms with van der Waals surface area (Å²) in [6, 6.07) is 2.01. The van der Waals surface area contributed by atoms with Crippen molar-refractivity contribution in [2.75, 3.05) is 19.3 Å². The number of nitrogens with zero attached hydrogens (tertiary/aromatic N) is 3. The molecule has 0 aromatic carbocycles. The lowest BCUT2D eigenvalue weighted by molar-refractivity contribution is 0.303. The number of anilines is 1. The van der Waals surface area contributed by atoms with Gasteiger partial charge in [-0.2, -0.15) is 5.10 Å². The predicted molar refractivity (Wildman–Crippen MR) is 66.4 cm³/mol. The van der Waals surface area contributed by atoms with Gasteiger partial charge in [-0.05, 0) is 20.0 Å². The Bertz CT molecular complexity index is 474. The van der Waals surface area contributed by atoms with Gasteiger partial charge in [0, 0.05) is 24.8 Å². The molecule has 2 aromatic rings. The Balaban J connectivity index is 1.82. The molecule has 0 aliphatic rings. The fraction of sp³-hybridized carbons (Fsp3) is 0.417. The highest BCUT2D eigenvalue weighted by molar-refractivity contribution is 5.30. The van der Waals surface area contributed by atoms with Crippen molar-refractivity contribution in [1.29, 1.82) is 0 Å². The first kappa shape index (κ1) is 11.7. The van der Waals surface area contributed by atoms with E-state index in [0.29, 0.717) is 5.69 Å². The number of aromatic nitrogens is 2. The average Bonchev–Trinajstić information content (AvgIpc) is 2.86. The predicted octanol–water partition coefficient (Wildman–Crippen LogP) is 1.50. The van der Waals surface area contributed by atoms with Crippen LogP contribution in [-0.2, 0) is 13.1 Å². The van der Waals surface area contributed by atoms with Crippen LogP contribution in [0.25, 0.3) is 0 Å². The third-order valence-electron chi connectivity index (χ3n) is 2.77. The Morgan fingerprint density at radius 2 is 2.35 bits per heavy atom. The van der Waals surface area contributed by atoms with Gasteiger partial charge in [-0.3, -0.25) is 4.68 Å². The Morgan fingerprint density at radius 3 is 2.94 bits per heavy atom. The van der Waals surface area contributed by atoms with E-state index in [0.717, 1.165) is 25.4 Å². The molecular formula is C12H18N4O. The van der Waals surface area contributed by atoms with E-state index in [4.69, 9.17) is 10.2 Å². The lowest BCUT2D eigenvalue weighted by Gasteiger charge is -2.15. The number of furan rings is 1. The molecule has 92 valence electrons. The zero-order chi connectivity index (χ0) is 12.3. The van der Waals surface area contributed by atoms with Crippen molar-refractivity contribution in [3.63, 3.8) is 0 Å². The molecule has 0 radical (unpaired) electrons. The monoisotopic (exact) mass is 234 g/mol. The third-order valence-corrected chi connectivity index (χ3v) is 2.77. The molecule has 2 heterocycles. The van der Waals surface area contributed by atoms with Crippen LogP contribution in [0.5, 0.6) is 0 Å². The molecule has 0 fully saturated rings. The molecule has 0 aliphatic carbocycles. The maximum Gasteiger partial charge on any atom is 0.105 e. The van der Waals surface area contributed by atoms with Crippen LogP contribution >= 0.6 is 0 Å². The summed E-state index contributed by atoms with van der Waals surface area (Å²) in [5.41, 5.74) is 7.54. The normalized spacial score (nSPS) is 11.2. The fourth-order valence-electron chi connectivity index (χ4n) is 1.72. The number of hydrogen-bond acceptors (Lipinski definition) is 4. The first-order chi connectivity index (χ1) is 8.15. The molecule has 0 unspecified atom stereocenters. The highest BCUT2D eigenvalue weighted by Gasteiger charge is 2.05. The van der Waals surface area contributed by atoms with Crippen LogP contribution in [0, 0.1) is 6.92 Å². The van der Waals surface area contributed by atoms with Crippen molar-refractivity contribution in [2.45, 2.75) is 20.0 Å². The number of nitrogens with two attached hydrogens (primary N) is 1. The van der Waals surface area contributed by atoms with Crippen LogP contribution in [-0.4, -0.2) is 28.3 Å². The van der Waals surface area contributed by atoms with E-state index in [2.05, 4.69) is 17.0 Å². The van der Waals surface area contributed by atoms with Crippen molar-refractivity contribution in [1.82, 2.24) is 14.7 Å². The minimum atomic E-state index is 0.707. The van der Waals surface area contributed by atoms with E-state index in [9.17, 15) is 0 Å². The summed E-state index contributed by atoms with van der Waals surface area (Å²) >= 11 is 0. The third kappa shape index (κ3) is 3.10. The summed E-state index contributed by atoms with van der Waals surface area (Å²) in [5, 5.41) is 4.15. The average molecular weight is 234 g/mol. The Morgan fingerprint density at radius 1 is 1.53 bits per heavy atom. The van der Waals surface area contributed by atoms with Gasteiger partial charge >= 0.3 is 0 Å². The molecule has 2 aromatic heterocycles. The standard InChI is InChI=1S/C12H18N4O/c1-10-11(3-6-17-10)8-15(2)4-5-16-9-12(13)7-14-16/h3,6-7,9H,4-5,8,13H2,1-2H3. The molecule has 0 saturated carbocycles.